The average Bonchev–Trinajstić information content (AvgIpc) is 3.12. The highest BCUT2D eigenvalue weighted by Crippen LogP contribution is 2.24. The first-order valence-electron chi connectivity index (χ1n) is 8.04. The summed E-state index contributed by atoms with van der Waals surface area (Å²) in [7, 11) is 0. The monoisotopic (exact) mass is 314 g/mol. The molecule has 1 heterocycles. The molecule has 0 spiro atoms. The van der Waals surface area contributed by atoms with Crippen LogP contribution in [0.15, 0.2) is 34.9 Å². The van der Waals surface area contributed by atoms with Crippen molar-refractivity contribution < 1.29 is 14.1 Å². The number of carbonyl (C=O) groups is 1. The third-order valence-corrected chi connectivity index (χ3v) is 4.34. The lowest BCUT2D eigenvalue weighted by Crippen LogP contribution is -2.41. The molecule has 23 heavy (non-hydrogen) atoms. The highest BCUT2D eigenvalue weighted by Gasteiger charge is 2.31. The maximum Gasteiger partial charge on any atom is 0.257 e. The minimum Gasteiger partial charge on any atom is -0.371 e. The van der Waals surface area contributed by atoms with Crippen molar-refractivity contribution >= 4 is 5.91 Å². The van der Waals surface area contributed by atoms with Crippen LogP contribution in [0.2, 0.25) is 0 Å². The molecule has 0 unspecified atom stereocenters. The number of benzene rings is 1. The summed E-state index contributed by atoms with van der Waals surface area (Å²) in [6.07, 6.45) is 3.03. The number of carbonyl (C=O) groups excluding carboxylic acids is 1. The minimum absolute atomic E-state index is 0.0416. The van der Waals surface area contributed by atoms with E-state index in [1.165, 1.54) is 0 Å². The van der Waals surface area contributed by atoms with Crippen LogP contribution in [0.5, 0.6) is 0 Å². The van der Waals surface area contributed by atoms with E-state index in [0.717, 1.165) is 24.8 Å². The molecule has 2 aromatic rings. The van der Waals surface area contributed by atoms with E-state index in [1.54, 1.807) is 13.8 Å². The van der Waals surface area contributed by atoms with E-state index in [9.17, 15) is 4.79 Å². The number of nitrogens with zero attached hydrogens (tertiary/aromatic N) is 1. The van der Waals surface area contributed by atoms with Crippen LogP contribution < -0.4 is 5.32 Å². The Morgan fingerprint density at radius 3 is 2.78 bits per heavy atom. The Kier molecular flexibility index (Phi) is 4.76. The van der Waals surface area contributed by atoms with E-state index in [4.69, 9.17) is 9.26 Å². The molecule has 3 rings (SSSR count). The zero-order chi connectivity index (χ0) is 16.2. The number of ether oxygens (including phenoxy) is 1. The minimum atomic E-state index is -0.124. The largest absolute Gasteiger partial charge is 0.371 e. The third kappa shape index (κ3) is 3.62. The summed E-state index contributed by atoms with van der Waals surface area (Å²) in [5, 5.41) is 6.93. The predicted octanol–water partition coefficient (Wildman–Crippen LogP) is 3.16. The van der Waals surface area contributed by atoms with Crippen LogP contribution in [0.1, 0.15) is 46.6 Å². The lowest BCUT2D eigenvalue weighted by molar-refractivity contribution is 0.0271. The van der Waals surface area contributed by atoms with Gasteiger partial charge in [-0.2, -0.15) is 0 Å². The van der Waals surface area contributed by atoms with E-state index < -0.39 is 0 Å². The van der Waals surface area contributed by atoms with Gasteiger partial charge in [-0.3, -0.25) is 4.79 Å². The lowest BCUT2D eigenvalue weighted by Gasteiger charge is -2.21. The van der Waals surface area contributed by atoms with Crippen LogP contribution in [0.3, 0.4) is 0 Å². The molecule has 0 saturated heterocycles. The standard InChI is InChI=1S/C18H22N2O3/c1-12-17(13(2)23-20-12)18(21)19-15-9-6-10-16(15)22-11-14-7-4-3-5-8-14/h3-5,7-8,15-16H,6,9-11H2,1-2H3,(H,19,21)/t15-,16-/m0/s1. The van der Waals surface area contributed by atoms with Crippen LogP contribution in [-0.2, 0) is 11.3 Å². The van der Waals surface area contributed by atoms with E-state index in [-0.39, 0.29) is 18.1 Å². The summed E-state index contributed by atoms with van der Waals surface area (Å²) in [6.45, 7) is 4.11. The lowest BCUT2D eigenvalue weighted by atomic mass is 10.1. The molecule has 1 fully saturated rings. The van der Waals surface area contributed by atoms with Gasteiger partial charge < -0.3 is 14.6 Å². The Balaban J connectivity index is 1.60. The predicted molar refractivity (Wildman–Crippen MR) is 86.1 cm³/mol. The van der Waals surface area contributed by atoms with Gasteiger partial charge in [0.2, 0.25) is 0 Å². The highest BCUT2D eigenvalue weighted by atomic mass is 16.5. The summed E-state index contributed by atoms with van der Waals surface area (Å²) in [4.78, 5) is 12.5. The Bertz CT molecular complexity index is 647. The molecule has 0 bridgehead atoms. The van der Waals surface area contributed by atoms with Crippen molar-refractivity contribution in [2.45, 2.75) is 51.9 Å². The molecular formula is C18H22N2O3. The first-order valence-corrected chi connectivity index (χ1v) is 8.04. The van der Waals surface area contributed by atoms with E-state index >= 15 is 0 Å². The Morgan fingerprint density at radius 2 is 2.09 bits per heavy atom. The molecule has 122 valence electrons. The molecule has 5 heteroatoms. The van der Waals surface area contributed by atoms with Crippen molar-refractivity contribution in [1.29, 1.82) is 0 Å². The smallest absolute Gasteiger partial charge is 0.257 e. The summed E-state index contributed by atoms with van der Waals surface area (Å²) in [6, 6.07) is 10.1. The fourth-order valence-electron chi connectivity index (χ4n) is 3.12. The second-order valence-corrected chi connectivity index (χ2v) is 6.05. The van der Waals surface area contributed by atoms with Gasteiger partial charge in [0.25, 0.3) is 5.91 Å². The number of nitrogens with one attached hydrogen (secondary N) is 1. The van der Waals surface area contributed by atoms with E-state index in [1.807, 2.05) is 30.3 Å². The van der Waals surface area contributed by atoms with Crippen molar-refractivity contribution in [3.63, 3.8) is 0 Å². The van der Waals surface area contributed by atoms with Gasteiger partial charge in [0.05, 0.1) is 24.4 Å². The maximum absolute atomic E-state index is 12.5. The van der Waals surface area contributed by atoms with Crippen LogP contribution in [0.4, 0.5) is 0 Å². The molecule has 1 saturated carbocycles. The average molecular weight is 314 g/mol. The zero-order valence-electron chi connectivity index (χ0n) is 13.5. The molecular weight excluding hydrogens is 292 g/mol. The number of amides is 1. The van der Waals surface area contributed by atoms with Crippen LogP contribution >= 0.6 is 0 Å². The quantitative estimate of drug-likeness (QED) is 0.920. The summed E-state index contributed by atoms with van der Waals surface area (Å²) in [5.41, 5.74) is 2.31. The fourth-order valence-corrected chi connectivity index (χ4v) is 3.12. The first-order chi connectivity index (χ1) is 11.1. The van der Waals surface area contributed by atoms with Crippen molar-refractivity contribution in [1.82, 2.24) is 10.5 Å². The SMILES string of the molecule is Cc1noc(C)c1C(=O)N[C@H]1CCC[C@@H]1OCc1ccccc1. The van der Waals surface area contributed by atoms with Gasteiger partial charge in [-0.1, -0.05) is 35.5 Å². The molecule has 1 N–H and O–H groups in total. The number of hydrogen-bond acceptors (Lipinski definition) is 4. The number of aryl methyl sites for hydroxylation is 2. The Hall–Kier alpha value is -2.14. The second kappa shape index (κ2) is 6.96. The van der Waals surface area contributed by atoms with Crippen molar-refractivity contribution in [3.05, 3.63) is 52.9 Å². The summed E-state index contributed by atoms with van der Waals surface area (Å²) in [5.74, 6) is 0.432. The van der Waals surface area contributed by atoms with E-state index in [0.29, 0.717) is 23.6 Å². The van der Waals surface area contributed by atoms with Gasteiger partial charge in [0.1, 0.15) is 11.3 Å². The number of rotatable bonds is 5. The second-order valence-electron chi connectivity index (χ2n) is 6.05. The van der Waals surface area contributed by atoms with Crippen LogP contribution in [0.25, 0.3) is 0 Å². The molecule has 1 aromatic carbocycles. The van der Waals surface area contributed by atoms with E-state index in [2.05, 4.69) is 10.5 Å². The van der Waals surface area contributed by atoms with Gasteiger partial charge in [-0.25, -0.2) is 0 Å². The molecule has 1 amide bonds. The third-order valence-electron chi connectivity index (χ3n) is 4.34. The van der Waals surface area contributed by atoms with Crippen molar-refractivity contribution in [3.8, 4) is 0 Å². The molecule has 1 aromatic heterocycles. The zero-order valence-corrected chi connectivity index (χ0v) is 13.5. The topological polar surface area (TPSA) is 64.4 Å². The van der Waals surface area contributed by atoms with Crippen molar-refractivity contribution in [2.75, 3.05) is 0 Å². The maximum atomic E-state index is 12.5. The first kappa shape index (κ1) is 15.7. The molecule has 0 radical (unpaired) electrons. The molecule has 1 aliphatic carbocycles. The van der Waals surface area contributed by atoms with Crippen LogP contribution in [0, 0.1) is 13.8 Å². The molecule has 2 atom stereocenters. The Morgan fingerprint density at radius 1 is 1.30 bits per heavy atom. The number of aromatic nitrogens is 1. The van der Waals surface area contributed by atoms with Gasteiger partial charge >= 0.3 is 0 Å². The molecule has 0 aliphatic heterocycles. The summed E-state index contributed by atoms with van der Waals surface area (Å²) >= 11 is 0. The molecule has 1 aliphatic rings. The van der Waals surface area contributed by atoms with Crippen molar-refractivity contribution in [2.24, 2.45) is 0 Å². The van der Waals surface area contributed by atoms with Gasteiger partial charge in [-0.05, 0) is 38.7 Å². The number of hydrogen-bond donors (Lipinski definition) is 1. The Labute approximate surface area is 136 Å². The van der Waals surface area contributed by atoms with Gasteiger partial charge in [0.15, 0.2) is 0 Å². The molecule has 5 nitrogen and oxygen atoms in total. The van der Waals surface area contributed by atoms with Gasteiger partial charge in [0, 0.05) is 0 Å². The summed E-state index contributed by atoms with van der Waals surface area (Å²) < 4.78 is 11.1. The van der Waals surface area contributed by atoms with Crippen LogP contribution in [-0.4, -0.2) is 23.2 Å². The highest BCUT2D eigenvalue weighted by molar-refractivity contribution is 5.96. The fraction of sp³-hybridized carbons (Fsp3) is 0.444. The van der Waals surface area contributed by atoms with Gasteiger partial charge in [-0.15, -0.1) is 0 Å². The normalized spacial score (nSPS) is 20.6.